The van der Waals surface area contributed by atoms with Crippen LogP contribution in [-0.4, -0.2) is 27.7 Å². The summed E-state index contributed by atoms with van der Waals surface area (Å²) in [4.78, 5) is 0. The molecule has 1 aromatic carbocycles. The maximum absolute atomic E-state index is 11.8. The molecule has 0 spiro atoms. The minimum atomic E-state index is -2.55. The third-order valence-corrected chi connectivity index (χ3v) is 3.61. The highest BCUT2D eigenvalue weighted by atomic mass is 32.2. The Kier molecular flexibility index (Phi) is 2.74. The molecule has 0 fully saturated rings. The fourth-order valence-corrected chi connectivity index (χ4v) is 1.72. The Morgan fingerprint density at radius 2 is 1.94 bits per heavy atom. The second-order valence-electron chi connectivity index (χ2n) is 3.22. The average Bonchev–Trinajstić information content (AvgIpc) is 2.80. The SMILES string of the molecule is CN=[S@@](C)(=O)c1nnc(-c2ccccc2)o1. The van der Waals surface area contributed by atoms with Crippen LogP contribution in [0.15, 0.2) is 44.3 Å². The summed E-state index contributed by atoms with van der Waals surface area (Å²) < 4.78 is 20.9. The predicted molar refractivity (Wildman–Crippen MR) is 60.4 cm³/mol. The molecule has 1 atom stereocenters. The second-order valence-corrected chi connectivity index (χ2v) is 5.54. The Balaban J connectivity index is 2.46. The summed E-state index contributed by atoms with van der Waals surface area (Å²) in [7, 11) is -1.08. The summed E-state index contributed by atoms with van der Waals surface area (Å²) in [5.41, 5.74) is 0.799. The van der Waals surface area contributed by atoms with Crippen molar-refractivity contribution >= 4 is 9.73 Å². The van der Waals surface area contributed by atoms with Crippen LogP contribution in [0.4, 0.5) is 0 Å². The van der Waals surface area contributed by atoms with Crippen molar-refractivity contribution in [2.45, 2.75) is 5.22 Å². The fourth-order valence-electron chi connectivity index (χ4n) is 1.14. The van der Waals surface area contributed by atoms with E-state index in [4.69, 9.17) is 4.42 Å². The van der Waals surface area contributed by atoms with Crippen molar-refractivity contribution in [3.05, 3.63) is 30.3 Å². The molecule has 16 heavy (non-hydrogen) atoms. The van der Waals surface area contributed by atoms with Gasteiger partial charge in [0, 0.05) is 18.9 Å². The van der Waals surface area contributed by atoms with Crippen LogP contribution in [0.25, 0.3) is 11.5 Å². The van der Waals surface area contributed by atoms with Crippen LogP contribution >= 0.6 is 0 Å². The van der Waals surface area contributed by atoms with Crippen molar-refractivity contribution in [1.29, 1.82) is 0 Å². The molecule has 0 amide bonds. The molecule has 1 aromatic heterocycles. The summed E-state index contributed by atoms with van der Waals surface area (Å²) in [5, 5.41) is 7.66. The molecule has 0 aliphatic carbocycles. The molecule has 84 valence electrons. The van der Waals surface area contributed by atoms with Crippen molar-refractivity contribution in [3.8, 4) is 11.5 Å². The first kappa shape index (κ1) is 10.8. The number of nitrogens with zero attached hydrogens (tertiary/aromatic N) is 3. The third-order valence-electron chi connectivity index (χ3n) is 2.10. The molecule has 0 aliphatic heterocycles. The number of hydrogen-bond donors (Lipinski definition) is 0. The van der Waals surface area contributed by atoms with Crippen molar-refractivity contribution in [2.75, 3.05) is 13.3 Å². The van der Waals surface area contributed by atoms with Gasteiger partial charge in [0.15, 0.2) is 0 Å². The molecule has 2 rings (SSSR count). The molecule has 1 heterocycles. The first-order chi connectivity index (χ1) is 7.63. The molecule has 0 N–H and O–H groups in total. The molecule has 5 nitrogen and oxygen atoms in total. The van der Waals surface area contributed by atoms with Gasteiger partial charge in [-0.1, -0.05) is 23.3 Å². The maximum Gasteiger partial charge on any atom is 0.315 e. The Bertz CT molecular complexity index is 598. The zero-order valence-electron chi connectivity index (χ0n) is 8.95. The zero-order chi connectivity index (χ0) is 11.6. The highest BCUT2D eigenvalue weighted by Crippen LogP contribution is 2.19. The Labute approximate surface area is 93.7 Å². The van der Waals surface area contributed by atoms with Gasteiger partial charge in [0.2, 0.25) is 5.89 Å². The van der Waals surface area contributed by atoms with Crippen LogP contribution in [0, 0.1) is 0 Å². The van der Waals surface area contributed by atoms with Gasteiger partial charge >= 0.3 is 5.22 Å². The number of rotatable bonds is 2. The molecule has 0 aliphatic rings. The minimum absolute atomic E-state index is 0.0638. The molecule has 0 unspecified atom stereocenters. The quantitative estimate of drug-likeness (QED) is 0.799. The van der Waals surface area contributed by atoms with E-state index in [1.807, 2.05) is 30.3 Å². The summed E-state index contributed by atoms with van der Waals surface area (Å²) in [6.45, 7) is 0. The normalized spacial score (nSPS) is 14.4. The molecular weight excluding hydrogens is 226 g/mol. The molecule has 0 saturated carbocycles. The molecule has 6 heteroatoms. The van der Waals surface area contributed by atoms with Gasteiger partial charge in [0.25, 0.3) is 0 Å². The fraction of sp³-hybridized carbons (Fsp3) is 0.200. The van der Waals surface area contributed by atoms with Gasteiger partial charge in [-0.2, -0.15) is 0 Å². The average molecular weight is 237 g/mol. The first-order valence-electron chi connectivity index (χ1n) is 4.62. The van der Waals surface area contributed by atoms with Crippen LogP contribution in [0.5, 0.6) is 0 Å². The summed E-state index contributed by atoms with van der Waals surface area (Å²) >= 11 is 0. The lowest BCUT2D eigenvalue weighted by Crippen LogP contribution is -1.96. The lowest BCUT2D eigenvalue weighted by molar-refractivity contribution is 0.454. The van der Waals surface area contributed by atoms with E-state index in [0.29, 0.717) is 5.89 Å². The maximum atomic E-state index is 11.8. The monoisotopic (exact) mass is 237 g/mol. The van der Waals surface area contributed by atoms with E-state index in [-0.39, 0.29) is 5.22 Å². The first-order valence-corrected chi connectivity index (χ1v) is 6.55. The molecule has 2 aromatic rings. The summed E-state index contributed by atoms with van der Waals surface area (Å²) in [6, 6.07) is 9.32. The van der Waals surface area contributed by atoms with Gasteiger partial charge in [-0.25, -0.2) is 8.57 Å². The van der Waals surface area contributed by atoms with E-state index >= 15 is 0 Å². The number of hydrogen-bond acceptors (Lipinski definition) is 5. The van der Waals surface area contributed by atoms with Crippen molar-refractivity contribution < 1.29 is 8.63 Å². The number of aromatic nitrogens is 2. The van der Waals surface area contributed by atoms with Gasteiger partial charge in [-0.3, -0.25) is 0 Å². The third kappa shape index (κ3) is 1.96. The number of benzene rings is 1. The lowest BCUT2D eigenvalue weighted by Gasteiger charge is -1.94. The van der Waals surface area contributed by atoms with E-state index in [9.17, 15) is 4.21 Å². The van der Waals surface area contributed by atoms with Crippen LogP contribution in [0.2, 0.25) is 0 Å². The standard InChI is InChI=1S/C10H11N3O2S/c1-11-16(2,14)10-13-12-9(15-10)8-6-4-3-5-7-8/h3-7H,1-2H3/t16-/m0/s1. The molecule has 0 bridgehead atoms. The van der Waals surface area contributed by atoms with Gasteiger partial charge in [0.05, 0.1) is 0 Å². The smallest absolute Gasteiger partial charge is 0.315 e. The van der Waals surface area contributed by atoms with E-state index in [1.165, 1.54) is 13.3 Å². The van der Waals surface area contributed by atoms with Crippen molar-refractivity contribution in [3.63, 3.8) is 0 Å². The van der Waals surface area contributed by atoms with E-state index < -0.39 is 9.73 Å². The van der Waals surface area contributed by atoms with Crippen LogP contribution < -0.4 is 0 Å². The molecule has 0 radical (unpaired) electrons. The highest BCUT2D eigenvalue weighted by molar-refractivity contribution is 7.92. The highest BCUT2D eigenvalue weighted by Gasteiger charge is 2.15. The van der Waals surface area contributed by atoms with Gasteiger partial charge in [0.1, 0.15) is 9.73 Å². The second kappa shape index (κ2) is 4.05. The molecule has 0 saturated heterocycles. The zero-order valence-corrected chi connectivity index (χ0v) is 9.77. The molecular formula is C10H11N3O2S. The summed E-state index contributed by atoms with van der Waals surface area (Å²) in [6.07, 6.45) is 1.47. The van der Waals surface area contributed by atoms with Gasteiger partial charge in [-0.05, 0) is 12.1 Å². The van der Waals surface area contributed by atoms with E-state index in [2.05, 4.69) is 14.6 Å². The Morgan fingerprint density at radius 3 is 2.56 bits per heavy atom. The van der Waals surface area contributed by atoms with E-state index in [1.54, 1.807) is 0 Å². The predicted octanol–water partition coefficient (Wildman–Crippen LogP) is 1.82. The Hall–Kier alpha value is -1.69. The largest absolute Gasteiger partial charge is 0.409 e. The van der Waals surface area contributed by atoms with Crippen molar-refractivity contribution in [1.82, 2.24) is 10.2 Å². The van der Waals surface area contributed by atoms with Gasteiger partial charge < -0.3 is 4.42 Å². The topological polar surface area (TPSA) is 68.3 Å². The Morgan fingerprint density at radius 1 is 1.25 bits per heavy atom. The van der Waals surface area contributed by atoms with Gasteiger partial charge in [-0.15, -0.1) is 5.10 Å². The summed E-state index contributed by atoms with van der Waals surface area (Å²) in [5.74, 6) is 0.355. The van der Waals surface area contributed by atoms with Crippen molar-refractivity contribution in [2.24, 2.45) is 4.36 Å². The van der Waals surface area contributed by atoms with Crippen LogP contribution in [0.1, 0.15) is 0 Å². The van der Waals surface area contributed by atoms with E-state index in [0.717, 1.165) is 5.56 Å². The minimum Gasteiger partial charge on any atom is -0.409 e. The lowest BCUT2D eigenvalue weighted by atomic mass is 10.2. The van der Waals surface area contributed by atoms with Crippen LogP contribution in [0.3, 0.4) is 0 Å². The van der Waals surface area contributed by atoms with Crippen LogP contribution in [-0.2, 0) is 9.73 Å².